The Morgan fingerprint density at radius 2 is 1.62 bits per heavy atom. The molecule has 0 radical (unpaired) electrons. The van der Waals surface area contributed by atoms with Crippen molar-refractivity contribution >= 4 is 17.7 Å². The Morgan fingerprint density at radius 3 is 2.28 bits per heavy atom. The predicted molar refractivity (Wildman–Crippen MR) is 118 cm³/mol. The summed E-state index contributed by atoms with van der Waals surface area (Å²) in [6, 6.07) is -0.882. The highest BCUT2D eigenvalue weighted by Crippen LogP contribution is 2.57. The molecule has 1 spiro atoms. The predicted octanol–water partition coefficient (Wildman–Crippen LogP) is 0.957. The van der Waals surface area contributed by atoms with Gasteiger partial charge in [0.25, 0.3) is 0 Å². The Balaban J connectivity index is 1.81. The van der Waals surface area contributed by atoms with Crippen LogP contribution in [0, 0.1) is 11.8 Å². The van der Waals surface area contributed by atoms with Crippen LogP contribution in [0.1, 0.15) is 40.0 Å². The number of amides is 3. The second kappa shape index (κ2) is 8.63. The van der Waals surface area contributed by atoms with Crippen molar-refractivity contribution in [1.82, 2.24) is 14.7 Å². The van der Waals surface area contributed by atoms with Gasteiger partial charge in [-0.15, -0.1) is 0 Å². The number of likely N-dealkylation sites (tertiary alicyclic amines) is 1. The Kier molecular flexibility index (Phi) is 6.20. The van der Waals surface area contributed by atoms with Gasteiger partial charge in [-0.2, -0.15) is 0 Å². The lowest BCUT2D eigenvalue weighted by molar-refractivity contribution is -0.153. The largest absolute Gasteiger partial charge is 0.395 e. The third kappa shape index (κ3) is 3.30. The van der Waals surface area contributed by atoms with Crippen molar-refractivity contribution < 1.29 is 24.2 Å². The Labute approximate surface area is 189 Å². The lowest BCUT2D eigenvalue weighted by Crippen LogP contribution is -2.56. The fourth-order valence-electron chi connectivity index (χ4n) is 5.99. The summed E-state index contributed by atoms with van der Waals surface area (Å²) >= 11 is 0. The number of hydrogen-bond acceptors (Lipinski definition) is 5. The van der Waals surface area contributed by atoms with Crippen LogP contribution in [0.3, 0.4) is 0 Å². The van der Waals surface area contributed by atoms with E-state index < -0.39 is 29.1 Å². The molecule has 176 valence electrons. The highest BCUT2D eigenvalue weighted by Gasteiger charge is 2.74. The second-order valence-corrected chi connectivity index (χ2v) is 9.48. The topological polar surface area (TPSA) is 90.4 Å². The van der Waals surface area contributed by atoms with Crippen LogP contribution in [0.15, 0.2) is 24.3 Å². The number of aliphatic hydroxyl groups is 1. The molecule has 4 heterocycles. The summed E-state index contributed by atoms with van der Waals surface area (Å²) in [7, 11) is 0. The van der Waals surface area contributed by atoms with Crippen molar-refractivity contribution in [2.45, 2.75) is 57.3 Å². The number of nitrogens with zero attached hydrogens (tertiary/aromatic N) is 3. The molecule has 3 amide bonds. The monoisotopic (exact) mass is 445 g/mol. The van der Waals surface area contributed by atoms with Crippen LogP contribution in [0.4, 0.5) is 0 Å². The summed E-state index contributed by atoms with van der Waals surface area (Å²) < 4.78 is 6.68. The molecule has 4 aliphatic heterocycles. The highest BCUT2D eigenvalue weighted by atomic mass is 16.5. The number of ether oxygens (including phenoxy) is 1. The molecule has 8 heteroatoms. The van der Waals surface area contributed by atoms with Gasteiger partial charge in [0.15, 0.2) is 0 Å². The molecule has 32 heavy (non-hydrogen) atoms. The van der Waals surface area contributed by atoms with Crippen LogP contribution in [0.2, 0.25) is 0 Å². The number of β-amino-alcohol motifs (C(OH)–C–C–N with tert-alkyl or cyclic N) is 1. The van der Waals surface area contributed by atoms with Gasteiger partial charge in [-0.25, -0.2) is 0 Å². The van der Waals surface area contributed by atoms with Crippen molar-refractivity contribution in [3.8, 4) is 0 Å². The number of hydrogen-bond donors (Lipinski definition) is 1. The van der Waals surface area contributed by atoms with Gasteiger partial charge in [-0.1, -0.05) is 44.6 Å². The van der Waals surface area contributed by atoms with Crippen LogP contribution in [-0.2, 0) is 19.1 Å². The fraction of sp³-hybridized carbons (Fsp3) is 0.708. The van der Waals surface area contributed by atoms with Crippen LogP contribution in [-0.4, -0.2) is 94.1 Å². The standard InChI is InChI=1S/C24H35N3O5/c1-4-6-12-26-14-8-10-24-18(21(30)27(15-16-28)19(24)22(26)31)17-20(29)25(11-5-2)13-7-9-23(17,3)32-24/h7-10,17-19,28H,4-6,11-16H2,1-3H3/t17-,18-,19?,23+,24-/m0/s1. The lowest BCUT2D eigenvalue weighted by Gasteiger charge is -2.37. The molecule has 4 aliphatic rings. The van der Waals surface area contributed by atoms with Crippen molar-refractivity contribution in [3.63, 3.8) is 0 Å². The van der Waals surface area contributed by atoms with E-state index in [1.54, 1.807) is 9.80 Å². The molecule has 2 saturated heterocycles. The molecule has 0 saturated carbocycles. The molecular weight excluding hydrogens is 410 g/mol. The van der Waals surface area contributed by atoms with Gasteiger partial charge in [-0.05, 0) is 19.8 Å². The first-order chi connectivity index (χ1) is 15.3. The van der Waals surface area contributed by atoms with Crippen LogP contribution in [0.25, 0.3) is 0 Å². The van der Waals surface area contributed by atoms with Gasteiger partial charge in [0.1, 0.15) is 11.6 Å². The van der Waals surface area contributed by atoms with E-state index in [1.807, 2.05) is 38.2 Å². The first-order valence-corrected chi connectivity index (χ1v) is 11.9. The summed E-state index contributed by atoms with van der Waals surface area (Å²) in [6.45, 7) is 7.86. The van der Waals surface area contributed by atoms with Gasteiger partial charge >= 0.3 is 0 Å². The number of carbonyl (C=O) groups is 3. The third-order valence-corrected chi connectivity index (χ3v) is 7.34. The maximum Gasteiger partial charge on any atom is 0.249 e. The summed E-state index contributed by atoms with van der Waals surface area (Å²) in [4.78, 5) is 46.2. The molecule has 4 rings (SSSR count). The zero-order valence-electron chi connectivity index (χ0n) is 19.3. The van der Waals surface area contributed by atoms with Crippen molar-refractivity contribution in [1.29, 1.82) is 0 Å². The van der Waals surface area contributed by atoms with Gasteiger partial charge < -0.3 is 24.5 Å². The molecular formula is C24H35N3O5. The van der Waals surface area contributed by atoms with E-state index in [1.165, 1.54) is 4.90 Å². The van der Waals surface area contributed by atoms with E-state index in [0.29, 0.717) is 26.2 Å². The van der Waals surface area contributed by atoms with E-state index in [0.717, 1.165) is 19.3 Å². The SMILES string of the molecule is CCCCN1CC=C[C@]23O[C@]4(C)C=CCN(CCC)C(=O)[C@@H]4[C@H]2C(=O)N(CCO)C3C1=O. The van der Waals surface area contributed by atoms with Gasteiger partial charge in [0.2, 0.25) is 17.7 Å². The minimum Gasteiger partial charge on any atom is -0.395 e. The lowest BCUT2D eigenvalue weighted by atomic mass is 9.74. The van der Waals surface area contributed by atoms with Crippen LogP contribution < -0.4 is 0 Å². The maximum atomic E-state index is 13.8. The van der Waals surface area contributed by atoms with E-state index in [2.05, 4.69) is 6.92 Å². The number of rotatable bonds is 7. The summed E-state index contributed by atoms with van der Waals surface area (Å²) in [6.07, 6.45) is 10.2. The first kappa shape index (κ1) is 23.0. The Hall–Kier alpha value is -2.19. The van der Waals surface area contributed by atoms with Crippen molar-refractivity contribution in [3.05, 3.63) is 24.3 Å². The molecule has 8 nitrogen and oxygen atoms in total. The molecule has 2 fully saturated rings. The quantitative estimate of drug-likeness (QED) is 0.590. The van der Waals surface area contributed by atoms with Gasteiger partial charge in [-0.3, -0.25) is 14.4 Å². The third-order valence-electron chi connectivity index (χ3n) is 7.34. The molecule has 5 atom stereocenters. The first-order valence-electron chi connectivity index (χ1n) is 11.9. The van der Waals surface area contributed by atoms with E-state index >= 15 is 0 Å². The number of aliphatic hydroxyl groups excluding tert-OH is 1. The van der Waals surface area contributed by atoms with Crippen LogP contribution in [0.5, 0.6) is 0 Å². The van der Waals surface area contributed by atoms with Crippen molar-refractivity contribution in [2.24, 2.45) is 11.8 Å². The van der Waals surface area contributed by atoms with E-state index in [4.69, 9.17) is 4.74 Å². The molecule has 0 aromatic rings. The molecule has 1 unspecified atom stereocenters. The maximum absolute atomic E-state index is 13.8. The average Bonchev–Trinajstić information content (AvgIpc) is 3.02. The Bertz CT molecular complexity index is 841. The zero-order chi connectivity index (χ0) is 23.1. The molecule has 0 aliphatic carbocycles. The Morgan fingerprint density at radius 1 is 0.938 bits per heavy atom. The zero-order valence-corrected chi connectivity index (χ0v) is 19.3. The average molecular weight is 446 g/mol. The normalized spacial score (nSPS) is 36.3. The summed E-state index contributed by atoms with van der Waals surface area (Å²) in [5, 5.41) is 9.69. The molecule has 0 aromatic carbocycles. The van der Waals surface area contributed by atoms with E-state index in [-0.39, 0.29) is 30.9 Å². The second-order valence-electron chi connectivity index (χ2n) is 9.48. The number of unbranched alkanes of at least 4 members (excludes halogenated alkanes) is 1. The minimum atomic E-state index is -1.22. The van der Waals surface area contributed by atoms with Crippen molar-refractivity contribution in [2.75, 3.05) is 39.3 Å². The summed E-state index contributed by atoms with van der Waals surface area (Å²) in [5.41, 5.74) is -2.20. The number of carbonyl (C=O) groups excluding carboxylic acids is 3. The van der Waals surface area contributed by atoms with E-state index in [9.17, 15) is 19.5 Å². The molecule has 1 N–H and O–H groups in total. The highest BCUT2D eigenvalue weighted by molar-refractivity contribution is 6.00. The molecule has 0 aromatic heterocycles. The van der Waals surface area contributed by atoms with Crippen LogP contribution >= 0.6 is 0 Å². The smallest absolute Gasteiger partial charge is 0.249 e. The number of fused-ring (bicyclic) bond motifs is 2. The van der Waals surface area contributed by atoms with Gasteiger partial charge in [0, 0.05) is 32.7 Å². The van der Waals surface area contributed by atoms with Gasteiger partial charge in [0.05, 0.1) is 24.0 Å². The molecule has 0 bridgehead atoms. The summed E-state index contributed by atoms with van der Waals surface area (Å²) in [5.74, 6) is -2.08. The fourth-order valence-corrected chi connectivity index (χ4v) is 5.99. The minimum absolute atomic E-state index is 0.0401.